The average Bonchev–Trinajstić information content (AvgIpc) is 2.20. The highest BCUT2D eigenvalue weighted by atomic mass is 16.2. The highest BCUT2D eigenvalue weighted by Gasteiger charge is 2.17. The lowest BCUT2D eigenvalue weighted by Crippen LogP contribution is -2.41. The molecule has 0 aliphatic rings. The van der Waals surface area contributed by atoms with Crippen molar-refractivity contribution in [3.63, 3.8) is 0 Å². The molecule has 0 atom stereocenters. The van der Waals surface area contributed by atoms with E-state index in [0.717, 1.165) is 6.54 Å². The van der Waals surface area contributed by atoms with Crippen molar-refractivity contribution in [2.24, 2.45) is 5.41 Å². The number of carbonyl (C=O) groups is 2. The van der Waals surface area contributed by atoms with Crippen molar-refractivity contribution >= 4 is 11.8 Å². The van der Waals surface area contributed by atoms with Gasteiger partial charge in [-0.05, 0) is 12.5 Å². The van der Waals surface area contributed by atoms with Crippen molar-refractivity contribution in [1.29, 1.82) is 0 Å². The third kappa shape index (κ3) is 8.68. The summed E-state index contributed by atoms with van der Waals surface area (Å²) < 4.78 is 0. The van der Waals surface area contributed by atoms with Gasteiger partial charge >= 0.3 is 0 Å². The second-order valence-corrected chi connectivity index (χ2v) is 5.43. The molecule has 2 amide bonds. The maximum atomic E-state index is 11.6. The number of rotatable bonds is 6. The summed E-state index contributed by atoms with van der Waals surface area (Å²) >= 11 is 0. The van der Waals surface area contributed by atoms with Crippen molar-refractivity contribution < 1.29 is 9.59 Å². The van der Waals surface area contributed by atoms with E-state index in [9.17, 15) is 9.59 Å². The Hall–Kier alpha value is -1.10. The molecule has 5 nitrogen and oxygen atoms in total. The first-order valence-electron chi connectivity index (χ1n) is 5.91. The zero-order chi connectivity index (χ0) is 13.5. The van der Waals surface area contributed by atoms with Gasteiger partial charge in [0, 0.05) is 26.6 Å². The van der Waals surface area contributed by atoms with Gasteiger partial charge in [0.1, 0.15) is 0 Å². The lowest BCUT2D eigenvalue weighted by molar-refractivity contribution is -0.132. The number of likely N-dealkylation sites (N-methyl/N-ethyl adjacent to an activating group) is 2. The second-order valence-electron chi connectivity index (χ2n) is 5.43. The van der Waals surface area contributed by atoms with Crippen LogP contribution in [0.5, 0.6) is 0 Å². The quantitative estimate of drug-likeness (QED) is 0.701. The third-order valence-electron chi connectivity index (χ3n) is 2.25. The third-order valence-corrected chi connectivity index (χ3v) is 2.25. The molecule has 2 N–H and O–H groups in total. The molecule has 0 unspecified atom stereocenters. The van der Waals surface area contributed by atoms with E-state index in [1.54, 1.807) is 11.9 Å². The molecule has 0 rings (SSSR count). The fourth-order valence-corrected chi connectivity index (χ4v) is 1.26. The van der Waals surface area contributed by atoms with E-state index < -0.39 is 0 Å². The molecule has 0 bridgehead atoms. The number of hydrogen-bond donors (Lipinski definition) is 2. The molecule has 0 spiro atoms. The van der Waals surface area contributed by atoms with Crippen molar-refractivity contribution in [2.45, 2.75) is 27.2 Å². The van der Waals surface area contributed by atoms with Crippen LogP contribution in [0.2, 0.25) is 0 Å². The number of carbonyl (C=O) groups excluding carboxylic acids is 2. The molecule has 0 aromatic heterocycles. The summed E-state index contributed by atoms with van der Waals surface area (Å²) in [5, 5.41) is 5.61. The summed E-state index contributed by atoms with van der Waals surface area (Å²) in [6, 6.07) is 0. The molecule has 0 aromatic rings. The number of hydrogen-bond acceptors (Lipinski definition) is 3. The van der Waals surface area contributed by atoms with Crippen molar-refractivity contribution in [1.82, 2.24) is 15.5 Å². The predicted octanol–water partition coefficient (Wildman–Crippen LogP) is 0.217. The van der Waals surface area contributed by atoms with E-state index in [1.807, 2.05) is 27.8 Å². The maximum Gasteiger partial charge on any atom is 0.241 e. The number of nitrogens with one attached hydrogen (secondary N) is 2. The molecule has 0 radical (unpaired) electrons. The van der Waals surface area contributed by atoms with Gasteiger partial charge in [0.25, 0.3) is 0 Å². The van der Waals surface area contributed by atoms with E-state index in [0.29, 0.717) is 13.0 Å². The SMILES string of the molecule is CNCCN(C)C(=O)CNC(=O)CC(C)(C)C. The van der Waals surface area contributed by atoms with Crippen LogP contribution in [0.15, 0.2) is 0 Å². The minimum absolute atomic E-state index is 0.0504. The summed E-state index contributed by atoms with van der Waals surface area (Å²) in [6.07, 6.45) is 0.431. The van der Waals surface area contributed by atoms with Gasteiger partial charge in [-0.25, -0.2) is 0 Å². The monoisotopic (exact) mass is 243 g/mol. The van der Waals surface area contributed by atoms with Crippen LogP contribution in [0.3, 0.4) is 0 Å². The molecule has 0 aliphatic heterocycles. The Morgan fingerprint density at radius 2 is 1.82 bits per heavy atom. The molecule has 0 heterocycles. The van der Waals surface area contributed by atoms with E-state index in [-0.39, 0.29) is 23.8 Å². The van der Waals surface area contributed by atoms with Gasteiger partial charge in [-0.3, -0.25) is 9.59 Å². The van der Waals surface area contributed by atoms with Gasteiger partial charge in [-0.2, -0.15) is 0 Å². The Kier molecular flexibility index (Phi) is 6.80. The topological polar surface area (TPSA) is 61.4 Å². The van der Waals surface area contributed by atoms with Crippen LogP contribution in [0, 0.1) is 5.41 Å². The zero-order valence-electron chi connectivity index (χ0n) is 11.6. The van der Waals surface area contributed by atoms with Gasteiger partial charge in [-0.15, -0.1) is 0 Å². The van der Waals surface area contributed by atoms with Gasteiger partial charge in [-0.1, -0.05) is 20.8 Å². The second kappa shape index (κ2) is 7.27. The van der Waals surface area contributed by atoms with Crippen LogP contribution in [-0.2, 0) is 9.59 Å². The highest BCUT2D eigenvalue weighted by molar-refractivity contribution is 5.84. The molecule has 5 heteroatoms. The first-order valence-corrected chi connectivity index (χ1v) is 5.91. The van der Waals surface area contributed by atoms with E-state index in [4.69, 9.17) is 0 Å². The van der Waals surface area contributed by atoms with Gasteiger partial charge in [0.2, 0.25) is 11.8 Å². The molecule has 0 saturated carbocycles. The molecule has 17 heavy (non-hydrogen) atoms. The summed E-state index contributed by atoms with van der Waals surface area (Å²) in [5.74, 6) is -0.143. The van der Waals surface area contributed by atoms with E-state index >= 15 is 0 Å². The van der Waals surface area contributed by atoms with Crippen LogP contribution < -0.4 is 10.6 Å². The molecular weight excluding hydrogens is 218 g/mol. The fraction of sp³-hybridized carbons (Fsp3) is 0.833. The largest absolute Gasteiger partial charge is 0.347 e. The van der Waals surface area contributed by atoms with Crippen molar-refractivity contribution in [2.75, 3.05) is 33.7 Å². The fourth-order valence-electron chi connectivity index (χ4n) is 1.26. The van der Waals surface area contributed by atoms with Gasteiger partial charge in [0.05, 0.1) is 6.54 Å². The van der Waals surface area contributed by atoms with Crippen LogP contribution in [0.25, 0.3) is 0 Å². The minimum Gasteiger partial charge on any atom is -0.347 e. The average molecular weight is 243 g/mol. The smallest absolute Gasteiger partial charge is 0.241 e. The molecule has 0 saturated heterocycles. The highest BCUT2D eigenvalue weighted by Crippen LogP contribution is 2.17. The maximum absolute atomic E-state index is 11.6. The minimum atomic E-state index is -0.0760. The lowest BCUT2D eigenvalue weighted by Gasteiger charge is -2.19. The molecule has 0 aromatic carbocycles. The Labute approximate surface area is 104 Å². The summed E-state index contributed by atoms with van der Waals surface area (Å²) in [5.41, 5.74) is -0.0504. The van der Waals surface area contributed by atoms with Crippen LogP contribution in [0.1, 0.15) is 27.2 Å². The summed E-state index contributed by atoms with van der Waals surface area (Å²) in [6.45, 7) is 7.45. The zero-order valence-corrected chi connectivity index (χ0v) is 11.6. The van der Waals surface area contributed by atoms with Crippen LogP contribution in [-0.4, -0.2) is 50.4 Å². The molecular formula is C12H25N3O2. The van der Waals surface area contributed by atoms with E-state index in [1.165, 1.54) is 0 Å². The Morgan fingerprint density at radius 1 is 1.24 bits per heavy atom. The summed E-state index contributed by atoms with van der Waals surface area (Å²) in [7, 11) is 3.57. The normalized spacial score (nSPS) is 11.1. The Morgan fingerprint density at radius 3 is 2.29 bits per heavy atom. The lowest BCUT2D eigenvalue weighted by atomic mass is 9.92. The van der Waals surface area contributed by atoms with Crippen LogP contribution >= 0.6 is 0 Å². The first kappa shape index (κ1) is 15.9. The van der Waals surface area contributed by atoms with Gasteiger partial charge in [0.15, 0.2) is 0 Å². The van der Waals surface area contributed by atoms with Gasteiger partial charge < -0.3 is 15.5 Å². The van der Waals surface area contributed by atoms with Crippen LogP contribution in [0.4, 0.5) is 0 Å². The standard InChI is InChI=1S/C12H25N3O2/c1-12(2,3)8-10(16)14-9-11(17)15(5)7-6-13-4/h13H,6-9H2,1-5H3,(H,14,16). The predicted molar refractivity (Wildman–Crippen MR) is 68.6 cm³/mol. The number of amides is 2. The van der Waals surface area contributed by atoms with E-state index in [2.05, 4.69) is 10.6 Å². The van der Waals surface area contributed by atoms with Crippen molar-refractivity contribution in [3.05, 3.63) is 0 Å². The first-order chi connectivity index (χ1) is 7.76. The Bertz CT molecular complexity index is 259. The molecule has 0 aliphatic carbocycles. The molecule has 100 valence electrons. The van der Waals surface area contributed by atoms with Crippen molar-refractivity contribution in [3.8, 4) is 0 Å². The molecule has 0 fully saturated rings. The number of nitrogens with zero attached hydrogens (tertiary/aromatic N) is 1. The summed E-state index contributed by atoms with van der Waals surface area (Å²) in [4.78, 5) is 24.7. The Balaban J connectivity index is 3.87.